The number of hydrogen-bond acceptors (Lipinski definition) is 6. The van der Waals surface area contributed by atoms with Gasteiger partial charge in [0.1, 0.15) is 24.1 Å². The molecule has 2 aromatic rings. The maximum Gasteiger partial charge on any atom is 0.244 e. The van der Waals surface area contributed by atoms with Crippen molar-refractivity contribution >= 4 is 27.5 Å². The predicted octanol–water partition coefficient (Wildman–Crippen LogP) is 3.38. The monoisotopic (exact) mass is 545 g/mol. The van der Waals surface area contributed by atoms with E-state index in [1.54, 1.807) is 19.1 Å². The van der Waals surface area contributed by atoms with Crippen molar-refractivity contribution in [1.29, 1.82) is 0 Å². The maximum absolute atomic E-state index is 13.8. The zero-order valence-corrected chi connectivity index (χ0v) is 23.5. The molecule has 3 rings (SSSR count). The van der Waals surface area contributed by atoms with Crippen LogP contribution in [0.5, 0.6) is 11.5 Å². The average Bonchev–Trinajstić information content (AvgIpc) is 2.91. The third kappa shape index (κ3) is 7.86. The van der Waals surface area contributed by atoms with Gasteiger partial charge in [0.05, 0.1) is 26.2 Å². The fourth-order valence-corrected chi connectivity index (χ4v) is 5.57. The Morgan fingerprint density at radius 2 is 1.71 bits per heavy atom. The van der Waals surface area contributed by atoms with Gasteiger partial charge in [-0.25, -0.2) is 8.42 Å². The largest absolute Gasteiger partial charge is 0.497 e. The van der Waals surface area contributed by atoms with Crippen molar-refractivity contribution < 1.29 is 27.5 Å². The second kappa shape index (κ2) is 13.5. The second-order valence-corrected chi connectivity index (χ2v) is 11.6. The molecule has 0 unspecified atom stereocenters. The third-order valence-electron chi connectivity index (χ3n) is 6.94. The van der Waals surface area contributed by atoms with Crippen LogP contribution >= 0.6 is 0 Å². The number of rotatable bonds is 12. The molecule has 9 nitrogen and oxygen atoms in total. The molecule has 0 saturated heterocycles. The van der Waals surface area contributed by atoms with Crippen molar-refractivity contribution in [2.45, 2.75) is 57.5 Å². The van der Waals surface area contributed by atoms with Gasteiger partial charge in [-0.15, -0.1) is 0 Å². The van der Waals surface area contributed by atoms with Crippen LogP contribution in [0.1, 0.15) is 44.6 Å². The van der Waals surface area contributed by atoms with Gasteiger partial charge in [0, 0.05) is 18.7 Å². The Balaban J connectivity index is 1.88. The lowest BCUT2D eigenvalue weighted by molar-refractivity contribution is -0.139. The molecule has 0 bridgehead atoms. The summed E-state index contributed by atoms with van der Waals surface area (Å²) in [6.45, 7) is 1.46. The van der Waals surface area contributed by atoms with Crippen LogP contribution in [-0.2, 0) is 26.0 Å². The van der Waals surface area contributed by atoms with E-state index in [1.807, 2.05) is 30.3 Å². The quantitative estimate of drug-likeness (QED) is 0.439. The van der Waals surface area contributed by atoms with Gasteiger partial charge in [-0.2, -0.15) is 0 Å². The molecule has 208 valence electrons. The molecule has 38 heavy (non-hydrogen) atoms. The topological polar surface area (TPSA) is 105 Å². The van der Waals surface area contributed by atoms with E-state index < -0.39 is 28.5 Å². The molecular weight excluding hydrogens is 506 g/mol. The zero-order chi connectivity index (χ0) is 27.7. The fourth-order valence-electron chi connectivity index (χ4n) is 4.73. The Morgan fingerprint density at radius 3 is 2.32 bits per heavy atom. The highest BCUT2D eigenvalue weighted by molar-refractivity contribution is 7.92. The molecule has 1 aliphatic carbocycles. The highest BCUT2D eigenvalue weighted by Gasteiger charge is 2.32. The van der Waals surface area contributed by atoms with Gasteiger partial charge in [-0.3, -0.25) is 13.9 Å². The summed E-state index contributed by atoms with van der Waals surface area (Å²) in [5.74, 6) is -0.0169. The molecule has 1 fully saturated rings. The fraction of sp³-hybridized carbons (Fsp3) is 0.500. The van der Waals surface area contributed by atoms with E-state index in [0.29, 0.717) is 12.2 Å². The zero-order valence-electron chi connectivity index (χ0n) is 22.7. The Kier molecular flexibility index (Phi) is 10.4. The molecule has 0 aromatic heterocycles. The molecule has 1 atom stereocenters. The first kappa shape index (κ1) is 29.3. The molecule has 0 aliphatic heterocycles. The van der Waals surface area contributed by atoms with Gasteiger partial charge in [0.15, 0.2) is 0 Å². The standard InChI is InChI=1S/C28H39N3O6S/c1-21(28(33)29-23-13-9-6-10-14-23)30(18-17-22-11-7-5-8-12-22)27(32)20-31(38(4,34)35)25-19-24(36-2)15-16-26(25)37-3/h5,7-8,11-12,15-16,19,21,23H,6,9-10,13-14,17-18,20H2,1-4H3,(H,29,33)/t21-/m0/s1. The Morgan fingerprint density at radius 1 is 1.03 bits per heavy atom. The lowest BCUT2D eigenvalue weighted by Gasteiger charge is -2.33. The molecule has 1 N–H and O–H groups in total. The van der Waals surface area contributed by atoms with E-state index in [1.165, 1.54) is 31.6 Å². The predicted molar refractivity (Wildman–Crippen MR) is 148 cm³/mol. The van der Waals surface area contributed by atoms with Gasteiger partial charge in [0.2, 0.25) is 21.8 Å². The van der Waals surface area contributed by atoms with Crippen LogP contribution in [0.3, 0.4) is 0 Å². The van der Waals surface area contributed by atoms with Gasteiger partial charge >= 0.3 is 0 Å². The number of nitrogens with zero attached hydrogens (tertiary/aromatic N) is 2. The van der Waals surface area contributed by atoms with E-state index in [-0.39, 0.29) is 29.9 Å². The number of nitrogens with one attached hydrogen (secondary N) is 1. The van der Waals surface area contributed by atoms with Crippen molar-refractivity contribution in [3.63, 3.8) is 0 Å². The van der Waals surface area contributed by atoms with Crippen molar-refractivity contribution in [3.05, 3.63) is 54.1 Å². The summed E-state index contributed by atoms with van der Waals surface area (Å²) in [6, 6.07) is 13.7. The smallest absolute Gasteiger partial charge is 0.244 e. The van der Waals surface area contributed by atoms with Crippen molar-refractivity contribution in [3.8, 4) is 11.5 Å². The minimum atomic E-state index is -3.89. The van der Waals surface area contributed by atoms with E-state index in [9.17, 15) is 18.0 Å². The first-order valence-corrected chi connectivity index (χ1v) is 14.8. The number of methoxy groups -OCH3 is 2. The van der Waals surface area contributed by atoms with Gasteiger partial charge in [-0.1, -0.05) is 49.6 Å². The van der Waals surface area contributed by atoms with Gasteiger partial charge in [-0.05, 0) is 43.9 Å². The SMILES string of the molecule is COc1ccc(OC)c(N(CC(=O)N(CCc2ccccc2)[C@@H](C)C(=O)NC2CCCCC2)S(C)(=O)=O)c1. The number of benzene rings is 2. The summed E-state index contributed by atoms with van der Waals surface area (Å²) < 4.78 is 37.4. The maximum atomic E-state index is 13.8. The number of amides is 2. The molecule has 2 amide bonds. The summed E-state index contributed by atoms with van der Waals surface area (Å²) >= 11 is 0. The Bertz CT molecular complexity index is 1180. The first-order chi connectivity index (χ1) is 18.1. The van der Waals surface area contributed by atoms with Crippen LogP contribution in [-0.4, -0.2) is 70.8 Å². The highest BCUT2D eigenvalue weighted by atomic mass is 32.2. The summed E-state index contributed by atoms with van der Waals surface area (Å²) in [7, 11) is -0.990. The Hall–Kier alpha value is -3.27. The van der Waals surface area contributed by atoms with Gasteiger partial charge in [0.25, 0.3) is 0 Å². The van der Waals surface area contributed by atoms with E-state index in [4.69, 9.17) is 9.47 Å². The van der Waals surface area contributed by atoms with Crippen LogP contribution in [0, 0.1) is 0 Å². The molecule has 10 heteroatoms. The molecule has 0 spiro atoms. The van der Waals surface area contributed by atoms with E-state index >= 15 is 0 Å². The number of carbonyl (C=O) groups excluding carboxylic acids is 2. The number of sulfonamides is 1. The van der Waals surface area contributed by atoms with Crippen LogP contribution in [0.15, 0.2) is 48.5 Å². The second-order valence-electron chi connectivity index (χ2n) is 9.65. The minimum absolute atomic E-state index is 0.0957. The average molecular weight is 546 g/mol. The first-order valence-electron chi connectivity index (χ1n) is 13.0. The molecule has 1 aliphatic rings. The lowest BCUT2D eigenvalue weighted by Crippen LogP contribution is -2.53. The van der Waals surface area contributed by atoms with Gasteiger partial charge < -0.3 is 19.7 Å². The number of carbonyl (C=O) groups is 2. The molecule has 0 radical (unpaired) electrons. The van der Waals surface area contributed by atoms with Crippen LogP contribution in [0.4, 0.5) is 5.69 Å². The Labute approximate surface area is 226 Å². The molecule has 1 saturated carbocycles. The minimum Gasteiger partial charge on any atom is -0.497 e. The van der Waals surface area contributed by atoms with Crippen molar-refractivity contribution in [2.75, 3.05) is 37.9 Å². The molecule has 0 heterocycles. The summed E-state index contributed by atoms with van der Waals surface area (Å²) in [5, 5.41) is 3.10. The van der Waals surface area contributed by atoms with E-state index in [2.05, 4.69) is 5.32 Å². The lowest BCUT2D eigenvalue weighted by atomic mass is 9.95. The summed E-state index contributed by atoms with van der Waals surface area (Å²) in [5.41, 5.74) is 1.20. The van der Waals surface area contributed by atoms with Crippen molar-refractivity contribution in [2.24, 2.45) is 0 Å². The molecular formula is C28H39N3O6S. The van der Waals surface area contributed by atoms with Crippen LogP contribution in [0.2, 0.25) is 0 Å². The normalized spacial score (nSPS) is 14.8. The highest BCUT2D eigenvalue weighted by Crippen LogP contribution is 2.34. The van der Waals surface area contributed by atoms with Crippen molar-refractivity contribution in [1.82, 2.24) is 10.2 Å². The number of anilines is 1. The van der Waals surface area contributed by atoms with Crippen LogP contribution in [0.25, 0.3) is 0 Å². The summed E-state index contributed by atoms with van der Waals surface area (Å²) in [4.78, 5) is 28.5. The number of hydrogen-bond donors (Lipinski definition) is 1. The van der Waals surface area contributed by atoms with E-state index in [0.717, 1.165) is 41.8 Å². The number of ether oxygens (including phenoxy) is 2. The van der Waals surface area contributed by atoms with Crippen LogP contribution < -0.4 is 19.1 Å². The third-order valence-corrected chi connectivity index (χ3v) is 8.06. The summed E-state index contributed by atoms with van der Waals surface area (Å²) in [6.07, 6.45) is 6.71. The molecule has 2 aromatic carbocycles.